The molecular weight excluding hydrogens is 240 g/mol. The third-order valence-corrected chi connectivity index (χ3v) is 1.67. The summed E-state index contributed by atoms with van der Waals surface area (Å²) >= 11 is 0. The molecule has 13 heavy (non-hydrogen) atoms. The fourth-order valence-corrected chi connectivity index (χ4v) is 1.02. The van der Waals surface area contributed by atoms with E-state index in [0.29, 0.717) is 11.1 Å². The predicted octanol–water partition coefficient (Wildman–Crippen LogP) is -2.74. The first-order valence-corrected chi connectivity index (χ1v) is 3.52. The average Bonchev–Trinajstić information content (AvgIpc) is 2.07. The van der Waals surface area contributed by atoms with Gasteiger partial charge in [-0.15, -0.1) is 5.52 Å². The van der Waals surface area contributed by atoms with Gasteiger partial charge in [0.2, 0.25) is 0 Å². The molecule has 0 aliphatic rings. The van der Waals surface area contributed by atoms with Crippen molar-refractivity contribution in [2.45, 2.75) is 6.92 Å². The van der Waals surface area contributed by atoms with Crippen LogP contribution in [-0.2, 0) is 0 Å². The Hall–Kier alpha value is 0.0952. The molecule has 2 aromatic rings. The number of aryl methyl sites for hydroxylation is 1. The summed E-state index contributed by atoms with van der Waals surface area (Å²) in [6.45, 7) is 1.73. The molecule has 0 aliphatic carbocycles. The van der Waals surface area contributed by atoms with Gasteiger partial charge in [-0.05, 0) is 23.9 Å². The van der Waals surface area contributed by atoms with Gasteiger partial charge in [0, 0.05) is 6.20 Å². The van der Waals surface area contributed by atoms with Crippen molar-refractivity contribution in [1.29, 1.82) is 0 Å². The first kappa shape index (κ1) is 11.2. The number of rotatable bonds is 0. The van der Waals surface area contributed by atoms with Gasteiger partial charge in [0.05, 0.1) is 11.8 Å². The van der Waals surface area contributed by atoms with Crippen LogP contribution < -0.4 is 68.7 Å². The van der Waals surface area contributed by atoms with E-state index in [9.17, 15) is 4.79 Å². The molecule has 0 aliphatic heterocycles. The van der Waals surface area contributed by atoms with E-state index in [2.05, 4.69) is 15.2 Å². The molecule has 0 saturated heterocycles. The maximum absolute atomic E-state index is 11.1. The largest absolute Gasteiger partial charge is 1.00 e. The Morgan fingerprint density at radius 1 is 1.31 bits per heavy atom. The van der Waals surface area contributed by atoms with Crippen LogP contribution in [0.3, 0.4) is 0 Å². The van der Waals surface area contributed by atoms with Crippen LogP contribution in [0.2, 0.25) is 0 Å². The number of hydrogen-bond donors (Lipinski definition) is 0. The van der Waals surface area contributed by atoms with Gasteiger partial charge < -0.3 is 9.78 Å². The Morgan fingerprint density at radius 3 is 2.77 bits per heavy atom. The Morgan fingerprint density at radius 2 is 2.00 bits per heavy atom. The molecule has 0 bridgehead atoms. The van der Waals surface area contributed by atoms with E-state index in [1.807, 2.05) is 0 Å². The second-order valence-corrected chi connectivity index (χ2v) is 2.57. The average molecular weight is 246 g/mol. The zero-order valence-electron chi connectivity index (χ0n) is 7.48. The first-order chi connectivity index (χ1) is 5.77. The van der Waals surface area contributed by atoms with E-state index < -0.39 is 0 Å². The molecule has 0 N–H and O–H groups in total. The van der Waals surface area contributed by atoms with Crippen molar-refractivity contribution in [3.63, 3.8) is 0 Å². The Balaban J connectivity index is 0.000000845. The molecule has 0 radical (unpaired) electrons. The van der Waals surface area contributed by atoms with Crippen molar-refractivity contribution in [2.75, 3.05) is 0 Å². The van der Waals surface area contributed by atoms with Crippen LogP contribution in [0.4, 0.5) is 0 Å². The van der Waals surface area contributed by atoms with Gasteiger partial charge in [-0.25, -0.2) is 0 Å². The Labute approximate surface area is 124 Å². The van der Waals surface area contributed by atoms with Crippen LogP contribution in [0.25, 0.3) is 10.9 Å². The van der Waals surface area contributed by atoms with Crippen molar-refractivity contribution < 1.29 is 58.2 Å². The zero-order chi connectivity index (χ0) is 8.55. The fourth-order valence-electron chi connectivity index (χ4n) is 1.02. The fraction of sp³-hybridized carbons (Fsp3) is 0.125. The summed E-state index contributed by atoms with van der Waals surface area (Å²) < 4.78 is 0. The van der Waals surface area contributed by atoms with Crippen LogP contribution in [0.15, 0.2) is 23.3 Å². The van der Waals surface area contributed by atoms with Gasteiger partial charge in [0.15, 0.2) is 0 Å². The molecule has 2 rings (SSSR count). The Bertz CT molecular complexity index is 480. The summed E-state index contributed by atoms with van der Waals surface area (Å²) in [5, 5.41) is 8.17. The molecule has 0 spiro atoms. The SMILES string of the molecule is Cc1cc2cnncc2[n-]c1=O.[Rb+]. The first-order valence-electron chi connectivity index (χ1n) is 3.52. The maximum atomic E-state index is 11.1. The third kappa shape index (κ3) is 2.31. The minimum absolute atomic E-state index is 0. The quantitative estimate of drug-likeness (QED) is 0.505. The van der Waals surface area contributed by atoms with E-state index >= 15 is 0 Å². The van der Waals surface area contributed by atoms with Crippen LogP contribution in [-0.4, -0.2) is 10.2 Å². The summed E-state index contributed by atoms with van der Waals surface area (Å²) in [5.74, 6) is 0. The van der Waals surface area contributed by atoms with Crippen molar-refractivity contribution in [2.24, 2.45) is 0 Å². The zero-order valence-corrected chi connectivity index (χ0v) is 12.4. The monoisotopic (exact) mass is 245 g/mol. The van der Waals surface area contributed by atoms with Crippen molar-refractivity contribution in [1.82, 2.24) is 15.2 Å². The minimum atomic E-state index is -0.199. The number of aromatic nitrogens is 3. The van der Waals surface area contributed by atoms with Crippen LogP contribution in [0, 0.1) is 6.92 Å². The van der Waals surface area contributed by atoms with Crippen LogP contribution in [0.1, 0.15) is 5.56 Å². The van der Waals surface area contributed by atoms with Crippen molar-refractivity contribution in [3.05, 3.63) is 34.4 Å². The number of nitrogens with zero attached hydrogens (tertiary/aromatic N) is 3. The van der Waals surface area contributed by atoms with Crippen LogP contribution in [0.5, 0.6) is 0 Å². The van der Waals surface area contributed by atoms with Crippen molar-refractivity contribution >= 4 is 10.9 Å². The number of hydrogen-bond acceptors (Lipinski definition) is 3. The number of pyridine rings is 1. The predicted molar refractivity (Wildman–Crippen MR) is 43.9 cm³/mol. The van der Waals surface area contributed by atoms with E-state index in [4.69, 9.17) is 0 Å². The summed E-state index contributed by atoms with van der Waals surface area (Å²) in [7, 11) is 0. The third-order valence-electron chi connectivity index (χ3n) is 1.67. The van der Waals surface area contributed by atoms with Crippen molar-refractivity contribution in [3.8, 4) is 0 Å². The molecule has 4 nitrogen and oxygen atoms in total. The molecule has 0 amide bonds. The van der Waals surface area contributed by atoms with Gasteiger partial charge in [-0.3, -0.25) is 0 Å². The summed E-state index contributed by atoms with van der Waals surface area (Å²) in [4.78, 5) is 14.9. The summed E-state index contributed by atoms with van der Waals surface area (Å²) in [6, 6.07) is 1.76. The normalized spacial score (nSPS) is 9.62. The second kappa shape index (κ2) is 4.55. The van der Waals surface area contributed by atoms with Gasteiger partial charge in [0.1, 0.15) is 0 Å². The maximum Gasteiger partial charge on any atom is 1.00 e. The van der Waals surface area contributed by atoms with Crippen LogP contribution >= 0.6 is 0 Å². The molecule has 0 fully saturated rings. The molecule has 60 valence electrons. The molecule has 0 saturated carbocycles. The van der Waals surface area contributed by atoms with E-state index in [0.717, 1.165) is 5.39 Å². The standard InChI is InChI=1S/C8H7N3O.Rb/c1-5-2-6-3-9-10-4-7(6)11-8(5)12;/h2-4H,1H3,(H,9,11,12);/q;+1/p-1. The second-order valence-electron chi connectivity index (χ2n) is 2.57. The minimum Gasteiger partial charge on any atom is -0.621 e. The molecule has 2 heterocycles. The number of fused-ring (bicyclic) bond motifs is 1. The summed E-state index contributed by atoms with van der Waals surface area (Å²) in [5.41, 5.74) is 1.03. The molecule has 5 heteroatoms. The molecule has 0 unspecified atom stereocenters. The molecule has 0 aromatic carbocycles. The van der Waals surface area contributed by atoms with Gasteiger partial charge in [-0.1, -0.05) is 0 Å². The molecule has 2 aromatic heterocycles. The van der Waals surface area contributed by atoms with Gasteiger partial charge >= 0.3 is 58.2 Å². The van der Waals surface area contributed by atoms with E-state index in [1.54, 1.807) is 19.2 Å². The summed E-state index contributed by atoms with van der Waals surface area (Å²) in [6.07, 6.45) is 3.07. The molecule has 0 atom stereocenters. The molecular formula is C8H6N3ORb. The topological polar surface area (TPSA) is 57.0 Å². The van der Waals surface area contributed by atoms with Gasteiger partial charge in [0.25, 0.3) is 0 Å². The smallest absolute Gasteiger partial charge is 0.621 e. The Kier molecular flexibility index (Phi) is 3.91. The van der Waals surface area contributed by atoms with E-state index in [1.165, 1.54) is 6.20 Å². The van der Waals surface area contributed by atoms with Gasteiger partial charge in [-0.2, -0.15) is 10.2 Å². The van der Waals surface area contributed by atoms with E-state index in [-0.39, 0.29) is 63.7 Å².